The Morgan fingerprint density at radius 2 is 2.33 bits per heavy atom. The van der Waals surface area contributed by atoms with E-state index in [0.717, 1.165) is 11.5 Å². The molecular formula is C4H5N5. The van der Waals surface area contributed by atoms with Gasteiger partial charge in [0, 0.05) is 0 Å². The summed E-state index contributed by atoms with van der Waals surface area (Å²) in [6.45, 7) is 0. The maximum Gasteiger partial charge on any atom is 0.189 e. The third-order valence-corrected chi connectivity index (χ3v) is 1.10. The molecule has 3 N–H and O–H groups in total. The van der Waals surface area contributed by atoms with Crippen LogP contribution in [-0.2, 0) is 0 Å². The van der Waals surface area contributed by atoms with E-state index in [0.29, 0.717) is 0 Å². The minimum Gasteiger partial charge on any atom is -0.300 e. The highest BCUT2D eigenvalue weighted by Crippen LogP contribution is 2.17. The molecule has 0 atom stereocenters. The lowest BCUT2D eigenvalue weighted by Gasteiger charge is -1.88. The normalized spacial score (nSPS) is 13.8. The Bertz CT molecular complexity index is 199. The molecule has 2 rings (SSSR count). The zero-order valence-electron chi connectivity index (χ0n) is 4.55. The minimum atomic E-state index is 0.734. The average molecular weight is 123 g/mol. The van der Waals surface area contributed by atoms with E-state index in [9.17, 15) is 0 Å². The quantitative estimate of drug-likeness (QED) is 0.443. The van der Waals surface area contributed by atoms with Crippen LogP contribution in [-0.4, -0.2) is 10.2 Å². The number of rotatable bonds is 0. The van der Waals surface area contributed by atoms with Crippen molar-refractivity contribution in [2.45, 2.75) is 0 Å². The van der Waals surface area contributed by atoms with E-state index in [2.05, 4.69) is 26.6 Å². The van der Waals surface area contributed by atoms with Crippen molar-refractivity contribution in [3.05, 3.63) is 12.3 Å². The van der Waals surface area contributed by atoms with Crippen LogP contribution < -0.4 is 16.4 Å². The van der Waals surface area contributed by atoms with Crippen LogP contribution >= 0.6 is 0 Å². The van der Waals surface area contributed by atoms with Crippen molar-refractivity contribution in [2.24, 2.45) is 0 Å². The molecule has 9 heavy (non-hydrogen) atoms. The fourth-order valence-corrected chi connectivity index (χ4v) is 0.683. The summed E-state index contributed by atoms with van der Waals surface area (Å²) in [4.78, 5) is 0. The summed E-state index contributed by atoms with van der Waals surface area (Å²) >= 11 is 0. The van der Waals surface area contributed by atoms with Gasteiger partial charge in [0.15, 0.2) is 5.82 Å². The fraction of sp³-hybridized carbons (Fsp3) is 0. The number of nitrogens with zero attached hydrogens (tertiary/aromatic N) is 2. The van der Waals surface area contributed by atoms with Crippen LogP contribution in [0, 0.1) is 0 Å². The molecule has 0 radical (unpaired) electrons. The first-order chi connectivity index (χ1) is 4.47. The first-order valence-electron chi connectivity index (χ1n) is 2.55. The van der Waals surface area contributed by atoms with Gasteiger partial charge < -0.3 is 5.43 Å². The molecule has 5 nitrogen and oxygen atoms in total. The molecular weight excluding hydrogens is 118 g/mol. The summed E-state index contributed by atoms with van der Waals surface area (Å²) in [6, 6.07) is 1.83. The van der Waals surface area contributed by atoms with E-state index in [1.807, 2.05) is 6.07 Å². The summed E-state index contributed by atoms with van der Waals surface area (Å²) in [5.74, 6) is 0.734. The number of hydrazine groups is 2. The summed E-state index contributed by atoms with van der Waals surface area (Å²) in [5, 5.41) is 7.44. The molecule has 0 amide bonds. The van der Waals surface area contributed by atoms with Gasteiger partial charge in [-0.25, -0.2) is 0 Å². The zero-order valence-corrected chi connectivity index (χ0v) is 4.55. The Morgan fingerprint density at radius 3 is 3.22 bits per heavy atom. The van der Waals surface area contributed by atoms with Crippen molar-refractivity contribution < 1.29 is 0 Å². The molecule has 0 bridgehead atoms. The second-order valence-electron chi connectivity index (χ2n) is 1.67. The summed E-state index contributed by atoms with van der Waals surface area (Å²) in [7, 11) is 0. The molecule has 1 aromatic heterocycles. The maximum absolute atomic E-state index is 3.77. The topological polar surface area (TPSA) is 61.9 Å². The van der Waals surface area contributed by atoms with Gasteiger partial charge >= 0.3 is 0 Å². The minimum absolute atomic E-state index is 0.734. The van der Waals surface area contributed by atoms with Gasteiger partial charge in [-0.3, -0.25) is 5.43 Å². The third kappa shape index (κ3) is 0.584. The molecule has 46 valence electrons. The van der Waals surface area contributed by atoms with Gasteiger partial charge in [-0.05, 0) is 6.07 Å². The second-order valence-corrected chi connectivity index (χ2v) is 1.67. The van der Waals surface area contributed by atoms with Crippen LogP contribution in [0.25, 0.3) is 0 Å². The molecule has 0 aromatic carbocycles. The number of anilines is 2. The molecule has 0 aliphatic carbocycles. The Morgan fingerprint density at radius 1 is 1.33 bits per heavy atom. The van der Waals surface area contributed by atoms with Gasteiger partial charge in [-0.2, -0.15) is 5.10 Å². The van der Waals surface area contributed by atoms with Crippen LogP contribution in [0.4, 0.5) is 11.5 Å². The molecule has 0 unspecified atom stereocenters. The van der Waals surface area contributed by atoms with Crippen molar-refractivity contribution >= 4 is 11.5 Å². The smallest absolute Gasteiger partial charge is 0.189 e. The van der Waals surface area contributed by atoms with Crippen LogP contribution in [0.2, 0.25) is 0 Å². The Hall–Kier alpha value is -1.36. The molecule has 0 saturated carbocycles. The first-order valence-corrected chi connectivity index (χ1v) is 2.55. The standard InChI is InChI=1S/C4H5N5/c1-2-5-7-4-3(1)6-9-8-4/h1-2,6,9H,(H,7,8). The number of hydrogen-bond donors (Lipinski definition) is 3. The molecule has 1 aliphatic rings. The summed E-state index contributed by atoms with van der Waals surface area (Å²) in [6.07, 6.45) is 1.63. The number of fused-ring (bicyclic) bond motifs is 1. The second kappa shape index (κ2) is 1.56. The summed E-state index contributed by atoms with van der Waals surface area (Å²) in [5.41, 5.74) is 9.21. The van der Waals surface area contributed by atoms with Crippen molar-refractivity contribution in [1.82, 2.24) is 15.7 Å². The number of hydrogen-bond acceptors (Lipinski definition) is 5. The Balaban J connectivity index is 2.54. The Labute approximate surface area is 51.4 Å². The highest BCUT2D eigenvalue weighted by molar-refractivity contribution is 5.65. The van der Waals surface area contributed by atoms with Crippen LogP contribution in [0.5, 0.6) is 0 Å². The molecule has 1 aliphatic heterocycles. The van der Waals surface area contributed by atoms with E-state index in [1.54, 1.807) is 6.20 Å². The fourth-order valence-electron chi connectivity index (χ4n) is 0.683. The average Bonchev–Trinajstić information content (AvgIpc) is 2.33. The van der Waals surface area contributed by atoms with Gasteiger partial charge in [0.2, 0.25) is 0 Å². The van der Waals surface area contributed by atoms with E-state index in [-0.39, 0.29) is 0 Å². The molecule has 0 saturated heterocycles. The van der Waals surface area contributed by atoms with Crippen molar-refractivity contribution in [3.8, 4) is 0 Å². The van der Waals surface area contributed by atoms with Crippen molar-refractivity contribution in [2.75, 3.05) is 10.9 Å². The van der Waals surface area contributed by atoms with E-state index in [1.165, 1.54) is 0 Å². The largest absolute Gasteiger partial charge is 0.300 e. The third-order valence-electron chi connectivity index (χ3n) is 1.10. The van der Waals surface area contributed by atoms with Gasteiger partial charge in [0.25, 0.3) is 0 Å². The van der Waals surface area contributed by atoms with Crippen molar-refractivity contribution in [1.29, 1.82) is 0 Å². The molecule has 5 heteroatoms. The molecule has 2 heterocycles. The highest BCUT2D eigenvalue weighted by atomic mass is 15.6. The van der Waals surface area contributed by atoms with E-state index >= 15 is 0 Å². The van der Waals surface area contributed by atoms with Gasteiger partial charge in [0.1, 0.15) is 0 Å². The highest BCUT2D eigenvalue weighted by Gasteiger charge is 2.07. The predicted octanol–water partition coefficient (Wildman–Crippen LogP) is -0.266. The van der Waals surface area contributed by atoms with Crippen LogP contribution in [0.15, 0.2) is 12.3 Å². The van der Waals surface area contributed by atoms with Crippen LogP contribution in [0.1, 0.15) is 0 Å². The molecule has 0 fully saturated rings. The zero-order chi connectivity index (χ0) is 6.10. The van der Waals surface area contributed by atoms with Gasteiger partial charge in [-0.1, -0.05) is 0 Å². The van der Waals surface area contributed by atoms with Gasteiger partial charge in [-0.15, -0.1) is 10.6 Å². The predicted molar refractivity (Wildman–Crippen MR) is 32.4 cm³/mol. The monoisotopic (exact) mass is 123 g/mol. The lowest BCUT2D eigenvalue weighted by molar-refractivity contribution is 0.979. The number of aromatic nitrogens is 2. The molecule has 0 spiro atoms. The van der Waals surface area contributed by atoms with Crippen molar-refractivity contribution in [3.63, 3.8) is 0 Å². The van der Waals surface area contributed by atoms with E-state index in [4.69, 9.17) is 0 Å². The number of nitrogens with one attached hydrogen (secondary N) is 3. The maximum atomic E-state index is 3.77. The molecule has 1 aromatic rings. The van der Waals surface area contributed by atoms with E-state index < -0.39 is 0 Å². The summed E-state index contributed by atoms with van der Waals surface area (Å²) < 4.78 is 0. The Kier molecular flexibility index (Phi) is 0.782. The van der Waals surface area contributed by atoms with Gasteiger partial charge in [0.05, 0.1) is 11.9 Å². The van der Waals surface area contributed by atoms with Crippen LogP contribution in [0.3, 0.4) is 0 Å². The lowest BCUT2D eigenvalue weighted by atomic mass is 10.5. The first kappa shape index (κ1) is 4.51. The SMILES string of the molecule is c1cc2c(nn1)NNN2. The lowest BCUT2D eigenvalue weighted by Crippen LogP contribution is -2.19.